The summed E-state index contributed by atoms with van der Waals surface area (Å²) in [6.45, 7) is 12.6. The molecule has 18 heavy (non-hydrogen) atoms. The first-order valence-electron chi connectivity index (χ1n) is 6.82. The Morgan fingerprint density at radius 1 is 1.17 bits per heavy atom. The summed E-state index contributed by atoms with van der Waals surface area (Å²) >= 11 is 0. The van der Waals surface area contributed by atoms with Crippen molar-refractivity contribution in [3.05, 3.63) is 0 Å². The van der Waals surface area contributed by atoms with Gasteiger partial charge in [0.2, 0.25) is 0 Å². The average Bonchev–Trinajstić information content (AvgIpc) is 3.00. The van der Waals surface area contributed by atoms with Crippen molar-refractivity contribution < 1.29 is 14.7 Å². The Labute approximate surface area is 110 Å². The standard InChI is InChI=1S/C15H26O3/c1-7-13(3,4)15(14(5,6)8-2)10(9-16)11(15)12(17)18/h9-11H,7-8H2,1-6H3,(H,17,18). The van der Waals surface area contributed by atoms with Gasteiger partial charge in [0, 0.05) is 11.3 Å². The van der Waals surface area contributed by atoms with Crippen LogP contribution in [0.25, 0.3) is 0 Å². The van der Waals surface area contributed by atoms with Crippen LogP contribution < -0.4 is 0 Å². The van der Waals surface area contributed by atoms with Crippen LogP contribution in [0.3, 0.4) is 0 Å². The highest BCUT2D eigenvalue weighted by molar-refractivity contribution is 5.84. The van der Waals surface area contributed by atoms with Gasteiger partial charge in [0.15, 0.2) is 0 Å². The van der Waals surface area contributed by atoms with E-state index < -0.39 is 17.3 Å². The summed E-state index contributed by atoms with van der Waals surface area (Å²) in [6, 6.07) is 0. The van der Waals surface area contributed by atoms with Crippen LogP contribution in [0.2, 0.25) is 0 Å². The summed E-state index contributed by atoms with van der Waals surface area (Å²) in [4.78, 5) is 22.9. The second kappa shape index (κ2) is 4.36. The molecule has 1 N–H and O–H groups in total. The van der Waals surface area contributed by atoms with Crippen molar-refractivity contribution in [2.45, 2.75) is 54.4 Å². The van der Waals surface area contributed by atoms with Gasteiger partial charge in [0.1, 0.15) is 6.29 Å². The van der Waals surface area contributed by atoms with Gasteiger partial charge in [-0.1, -0.05) is 54.4 Å². The van der Waals surface area contributed by atoms with Gasteiger partial charge in [-0.15, -0.1) is 0 Å². The van der Waals surface area contributed by atoms with Gasteiger partial charge >= 0.3 is 5.97 Å². The molecule has 3 heteroatoms. The molecule has 3 nitrogen and oxygen atoms in total. The Kier molecular flexibility index (Phi) is 3.68. The molecule has 0 saturated heterocycles. The van der Waals surface area contributed by atoms with E-state index in [0.717, 1.165) is 19.1 Å². The first-order valence-corrected chi connectivity index (χ1v) is 6.82. The van der Waals surface area contributed by atoms with Crippen LogP contribution >= 0.6 is 0 Å². The third-order valence-electron chi connectivity index (χ3n) is 5.69. The highest BCUT2D eigenvalue weighted by Gasteiger charge is 2.78. The van der Waals surface area contributed by atoms with E-state index in [0.29, 0.717) is 0 Å². The molecule has 0 aliphatic heterocycles. The molecule has 1 aliphatic rings. The van der Waals surface area contributed by atoms with E-state index in [1.807, 2.05) is 0 Å². The monoisotopic (exact) mass is 254 g/mol. The van der Waals surface area contributed by atoms with Crippen LogP contribution in [0.5, 0.6) is 0 Å². The van der Waals surface area contributed by atoms with Crippen LogP contribution in [0.1, 0.15) is 54.4 Å². The van der Waals surface area contributed by atoms with Crippen molar-refractivity contribution in [1.29, 1.82) is 0 Å². The maximum atomic E-state index is 11.5. The van der Waals surface area contributed by atoms with E-state index in [1.165, 1.54) is 0 Å². The molecule has 1 aliphatic carbocycles. The second-order valence-electron chi connectivity index (χ2n) is 6.82. The van der Waals surface area contributed by atoms with E-state index in [2.05, 4.69) is 41.5 Å². The quantitative estimate of drug-likeness (QED) is 0.739. The SMILES string of the molecule is CCC(C)(C)C1(C(C)(C)CC)C(C=O)C1C(=O)O. The molecule has 1 saturated carbocycles. The summed E-state index contributed by atoms with van der Waals surface area (Å²) in [7, 11) is 0. The van der Waals surface area contributed by atoms with Gasteiger partial charge in [-0.25, -0.2) is 0 Å². The van der Waals surface area contributed by atoms with Crippen molar-refractivity contribution in [1.82, 2.24) is 0 Å². The van der Waals surface area contributed by atoms with Gasteiger partial charge < -0.3 is 9.90 Å². The molecule has 0 aromatic carbocycles. The molecule has 1 rings (SSSR count). The lowest BCUT2D eigenvalue weighted by Crippen LogP contribution is -2.42. The minimum absolute atomic E-state index is 0.152. The summed E-state index contributed by atoms with van der Waals surface area (Å²) < 4.78 is 0. The van der Waals surface area contributed by atoms with E-state index in [9.17, 15) is 14.7 Å². The topological polar surface area (TPSA) is 54.4 Å². The molecule has 1 fully saturated rings. The summed E-state index contributed by atoms with van der Waals surface area (Å²) in [5.41, 5.74) is -0.723. The number of hydrogen-bond donors (Lipinski definition) is 1. The Morgan fingerprint density at radius 3 is 1.72 bits per heavy atom. The maximum absolute atomic E-state index is 11.5. The van der Waals surface area contributed by atoms with Gasteiger partial charge in [-0.3, -0.25) is 4.79 Å². The zero-order valence-electron chi connectivity index (χ0n) is 12.4. The smallest absolute Gasteiger partial charge is 0.307 e. The minimum Gasteiger partial charge on any atom is -0.481 e. The van der Waals surface area contributed by atoms with Gasteiger partial charge in [-0.05, 0) is 10.8 Å². The lowest BCUT2D eigenvalue weighted by atomic mass is 9.57. The van der Waals surface area contributed by atoms with Crippen molar-refractivity contribution in [3.63, 3.8) is 0 Å². The number of carbonyl (C=O) groups is 2. The number of rotatable bonds is 6. The predicted molar refractivity (Wildman–Crippen MR) is 71.3 cm³/mol. The van der Waals surface area contributed by atoms with Crippen molar-refractivity contribution >= 4 is 12.3 Å². The molecular weight excluding hydrogens is 228 g/mol. The van der Waals surface area contributed by atoms with E-state index in [1.54, 1.807) is 0 Å². The van der Waals surface area contributed by atoms with Crippen molar-refractivity contribution in [2.24, 2.45) is 28.1 Å². The van der Waals surface area contributed by atoms with E-state index in [-0.39, 0.29) is 16.7 Å². The number of hydrogen-bond acceptors (Lipinski definition) is 2. The molecule has 2 atom stereocenters. The highest BCUT2D eigenvalue weighted by atomic mass is 16.4. The van der Waals surface area contributed by atoms with Crippen LogP contribution in [0.15, 0.2) is 0 Å². The van der Waals surface area contributed by atoms with Gasteiger partial charge in [0.25, 0.3) is 0 Å². The second-order valence-corrected chi connectivity index (χ2v) is 6.82. The molecule has 0 spiro atoms. The van der Waals surface area contributed by atoms with Crippen molar-refractivity contribution in [3.8, 4) is 0 Å². The molecular formula is C15H26O3. The molecule has 0 heterocycles. The number of carboxylic acid groups (broad SMARTS) is 1. The van der Waals surface area contributed by atoms with E-state index in [4.69, 9.17) is 0 Å². The Bertz CT molecular complexity index is 339. The fourth-order valence-corrected chi connectivity index (χ4v) is 4.19. The maximum Gasteiger partial charge on any atom is 0.307 e. The minimum atomic E-state index is -0.824. The number of aldehydes is 1. The Morgan fingerprint density at radius 2 is 1.56 bits per heavy atom. The molecule has 0 amide bonds. The molecule has 104 valence electrons. The summed E-state index contributed by atoms with van der Waals surface area (Å²) in [5, 5.41) is 9.45. The average molecular weight is 254 g/mol. The first-order chi connectivity index (χ1) is 8.14. The number of carboxylic acids is 1. The van der Waals surface area contributed by atoms with E-state index >= 15 is 0 Å². The Hall–Kier alpha value is -0.860. The zero-order chi connectivity index (χ0) is 14.4. The first kappa shape index (κ1) is 15.2. The Balaban J connectivity index is 3.39. The number of aliphatic carboxylic acids is 1. The summed E-state index contributed by atoms with van der Waals surface area (Å²) in [6.07, 6.45) is 2.63. The predicted octanol–water partition coefficient (Wildman–Crippen LogP) is 3.37. The molecule has 0 aromatic rings. The molecule has 0 radical (unpaired) electrons. The van der Waals surface area contributed by atoms with Crippen LogP contribution in [-0.2, 0) is 9.59 Å². The van der Waals surface area contributed by atoms with Crippen LogP contribution in [0, 0.1) is 28.1 Å². The third-order valence-corrected chi connectivity index (χ3v) is 5.69. The van der Waals surface area contributed by atoms with Crippen LogP contribution in [0.4, 0.5) is 0 Å². The number of carbonyl (C=O) groups excluding carboxylic acids is 1. The third kappa shape index (κ3) is 1.63. The molecule has 2 unspecified atom stereocenters. The van der Waals surface area contributed by atoms with Gasteiger partial charge in [0.05, 0.1) is 5.92 Å². The molecule has 0 bridgehead atoms. The lowest BCUT2D eigenvalue weighted by molar-refractivity contribution is -0.142. The lowest BCUT2D eigenvalue weighted by Gasteiger charge is -2.46. The largest absolute Gasteiger partial charge is 0.481 e. The zero-order valence-corrected chi connectivity index (χ0v) is 12.4. The normalized spacial score (nSPS) is 26.8. The van der Waals surface area contributed by atoms with Gasteiger partial charge in [-0.2, -0.15) is 0 Å². The highest BCUT2D eigenvalue weighted by Crippen LogP contribution is 2.76. The molecule has 0 aromatic heterocycles. The fourth-order valence-electron chi connectivity index (χ4n) is 4.19. The fraction of sp³-hybridized carbons (Fsp3) is 0.867. The van der Waals surface area contributed by atoms with Crippen molar-refractivity contribution in [2.75, 3.05) is 0 Å². The summed E-state index contributed by atoms with van der Waals surface area (Å²) in [5.74, 6) is -1.70. The van der Waals surface area contributed by atoms with Crippen LogP contribution in [-0.4, -0.2) is 17.4 Å².